The number of carbonyl (C=O) groups is 4. The van der Waals surface area contributed by atoms with Crippen LogP contribution >= 0.6 is 22.9 Å². The van der Waals surface area contributed by atoms with Crippen molar-refractivity contribution in [3.63, 3.8) is 0 Å². The number of halogens is 1. The third-order valence-electron chi connectivity index (χ3n) is 13.6. The topological polar surface area (TPSA) is 211 Å². The zero-order valence-corrected chi connectivity index (χ0v) is 43.3. The second-order valence-electron chi connectivity index (χ2n) is 20.8. The van der Waals surface area contributed by atoms with Crippen molar-refractivity contribution in [2.45, 2.75) is 105 Å². The predicted octanol–water partition coefficient (Wildman–Crippen LogP) is 7.69. The maximum absolute atomic E-state index is 14.1. The summed E-state index contributed by atoms with van der Waals surface area (Å²) in [5.74, 6) is -0.139. The molecule has 2 fully saturated rings. The lowest BCUT2D eigenvalue weighted by Crippen LogP contribution is -2.74. The van der Waals surface area contributed by atoms with Gasteiger partial charge < -0.3 is 41.3 Å². The summed E-state index contributed by atoms with van der Waals surface area (Å²) in [6, 6.07) is 23.8. The van der Waals surface area contributed by atoms with Crippen molar-refractivity contribution in [3.8, 4) is 33.4 Å². The molecule has 2 aromatic heterocycles. The van der Waals surface area contributed by atoms with E-state index in [0.717, 1.165) is 32.8 Å². The van der Waals surface area contributed by atoms with Gasteiger partial charge in [-0.3, -0.25) is 19.2 Å². The van der Waals surface area contributed by atoms with E-state index < -0.39 is 40.3 Å². The molecule has 4 atom stereocenters. The molecule has 3 heterocycles. The van der Waals surface area contributed by atoms with Crippen LogP contribution in [0.1, 0.15) is 95.0 Å². The third kappa shape index (κ3) is 11.9. The molecule has 1 aliphatic heterocycles. The number of nitrogens with zero attached hydrogens (tertiary/aromatic N) is 4. The Balaban J connectivity index is 0.847. The van der Waals surface area contributed by atoms with E-state index in [4.69, 9.17) is 16.3 Å². The smallest absolute Gasteiger partial charge is 0.251 e. The van der Waals surface area contributed by atoms with Gasteiger partial charge >= 0.3 is 0 Å². The van der Waals surface area contributed by atoms with Gasteiger partial charge in [0.2, 0.25) is 17.7 Å². The molecule has 0 radical (unpaired) electrons. The molecule has 0 bridgehead atoms. The summed E-state index contributed by atoms with van der Waals surface area (Å²) in [6.45, 7) is 18.5. The molecule has 15 nitrogen and oxygen atoms in total. The number of pyridine rings is 1. The summed E-state index contributed by atoms with van der Waals surface area (Å²) in [6.07, 6.45) is 0.748. The monoisotopic (exact) mass is 1000 g/mol. The third-order valence-corrected chi connectivity index (χ3v) is 14.9. The minimum Gasteiger partial charge on any atom is -0.489 e. The molecule has 17 heteroatoms. The van der Waals surface area contributed by atoms with E-state index in [9.17, 15) is 29.5 Å². The first kappa shape index (κ1) is 52.4. The van der Waals surface area contributed by atoms with Crippen molar-refractivity contribution < 1.29 is 29.0 Å². The van der Waals surface area contributed by atoms with Crippen molar-refractivity contribution in [3.05, 3.63) is 118 Å². The molecule has 5 aromatic rings. The van der Waals surface area contributed by atoms with Gasteiger partial charge in [0.1, 0.15) is 35.8 Å². The van der Waals surface area contributed by atoms with E-state index in [1.165, 1.54) is 4.90 Å². The summed E-state index contributed by atoms with van der Waals surface area (Å²) in [5, 5.41) is 35.8. The van der Waals surface area contributed by atoms with E-state index in [0.29, 0.717) is 40.8 Å². The van der Waals surface area contributed by atoms with E-state index in [2.05, 4.69) is 70.3 Å². The minimum atomic E-state index is -0.948. The van der Waals surface area contributed by atoms with Crippen LogP contribution < -0.4 is 31.3 Å². The van der Waals surface area contributed by atoms with Gasteiger partial charge in [0.05, 0.1) is 45.4 Å². The van der Waals surface area contributed by atoms with Gasteiger partial charge in [-0.2, -0.15) is 5.26 Å². The van der Waals surface area contributed by atoms with Crippen LogP contribution in [0.5, 0.6) is 5.75 Å². The number of benzene rings is 3. The second kappa shape index (κ2) is 21.5. The lowest BCUT2D eigenvalue weighted by atomic mass is 9.49. The predicted molar refractivity (Wildman–Crippen MR) is 277 cm³/mol. The molecule has 1 aliphatic carbocycles. The first-order chi connectivity index (χ1) is 33.6. The Morgan fingerprint density at radius 3 is 2.21 bits per heavy atom. The zero-order chi connectivity index (χ0) is 51.4. The molecule has 1 unspecified atom stereocenters. The normalized spacial score (nSPS) is 19.9. The number of amides is 4. The van der Waals surface area contributed by atoms with Crippen molar-refractivity contribution in [1.82, 2.24) is 36.1 Å². The summed E-state index contributed by atoms with van der Waals surface area (Å²) < 4.78 is 6.37. The Labute approximate surface area is 425 Å². The van der Waals surface area contributed by atoms with Crippen LogP contribution in [0, 0.1) is 34.5 Å². The molecular formula is C54H64ClN9O6S. The summed E-state index contributed by atoms with van der Waals surface area (Å²) in [7, 11) is 0. The Hall–Kier alpha value is -6.38. The van der Waals surface area contributed by atoms with Crippen LogP contribution in [0.25, 0.3) is 21.6 Å². The SMILES string of the molecule is Cc1ncsc1-c1ccc([C@H](C)NC(=O)[C@@H]2C[C@@H](O)CN2C(=O)C(NC(=O)CNCCNc2ccc(-c3ccc(C(=O)N[C@H]4C(C)(C)[C@H](Oc5ccc(C#N)c(Cl)c5)C4(C)C)cc3)cn2)C(C)(C)C)cc1. The van der Waals surface area contributed by atoms with Gasteiger partial charge in [0.15, 0.2) is 0 Å². The molecule has 6 N–H and O–H groups in total. The van der Waals surface area contributed by atoms with Crippen molar-refractivity contribution >= 4 is 52.4 Å². The minimum absolute atomic E-state index is 0.0161. The molecule has 4 amide bonds. The highest BCUT2D eigenvalue weighted by Crippen LogP contribution is 2.55. The maximum Gasteiger partial charge on any atom is 0.251 e. The molecule has 1 saturated heterocycles. The first-order valence-electron chi connectivity index (χ1n) is 23.9. The summed E-state index contributed by atoms with van der Waals surface area (Å²) in [5.41, 5.74) is 5.92. The number of rotatable bonds is 17. The Morgan fingerprint density at radius 1 is 0.930 bits per heavy atom. The molecule has 71 heavy (non-hydrogen) atoms. The van der Waals surface area contributed by atoms with Crippen molar-refractivity contribution in [1.29, 1.82) is 5.26 Å². The molecule has 7 rings (SSSR count). The molecule has 374 valence electrons. The average Bonchev–Trinajstić information content (AvgIpc) is 3.96. The van der Waals surface area contributed by atoms with Crippen molar-refractivity contribution in [2.75, 3.05) is 31.5 Å². The molecular weight excluding hydrogens is 938 g/mol. The fraction of sp³-hybridized carbons (Fsp3) is 0.426. The first-order valence-corrected chi connectivity index (χ1v) is 25.1. The fourth-order valence-electron chi connectivity index (χ4n) is 10.0. The highest BCUT2D eigenvalue weighted by Gasteiger charge is 2.64. The number of aromatic nitrogens is 2. The zero-order valence-electron chi connectivity index (χ0n) is 41.7. The number of ether oxygens (including phenoxy) is 1. The Morgan fingerprint density at radius 2 is 1.61 bits per heavy atom. The molecule has 1 saturated carbocycles. The average molecular weight is 1000 g/mol. The number of anilines is 1. The van der Waals surface area contributed by atoms with E-state index in [1.807, 2.05) is 88.7 Å². The Kier molecular flexibility index (Phi) is 15.9. The van der Waals surface area contributed by atoms with Crippen LogP contribution in [0.3, 0.4) is 0 Å². The number of likely N-dealkylation sites (tertiary alicyclic amines) is 1. The molecule has 0 spiro atoms. The second-order valence-corrected chi connectivity index (χ2v) is 22.1. The fourth-order valence-corrected chi connectivity index (χ4v) is 11.0. The highest BCUT2D eigenvalue weighted by molar-refractivity contribution is 7.13. The van der Waals surface area contributed by atoms with Crippen LogP contribution in [-0.4, -0.2) is 100 Å². The van der Waals surface area contributed by atoms with Gasteiger partial charge in [-0.05, 0) is 72.4 Å². The van der Waals surface area contributed by atoms with Crippen LogP contribution in [0.4, 0.5) is 5.82 Å². The maximum atomic E-state index is 14.1. The number of carbonyl (C=O) groups excluding carboxylic acids is 4. The number of thiazole rings is 1. The van der Waals surface area contributed by atoms with Crippen molar-refractivity contribution in [2.24, 2.45) is 16.2 Å². The van der Waals surface area contributed by atoms with Crippen LogP contribution in [0.15, 0.2) is 90.6 Å². The van der Waals surface area contributed by atoms with Gasteiger partial charge in [0, 0.05) is 66.3 Å². The number of hydrogen-bond acceptors (Lipinski definition) is 12. The van der Waals surface area contributed by atoms with E-state index in [1.54, 1.807) is 47.9 Å². The quantitative estimate of drug-likeness (QED) is 0.0498. The number of aryl methyl sites for hydroxylation is 1. The van der Waals surface area contributed by atoms with Gasteiger partial charge in [0.25, 0.3) is 5.91 Å². The Bertz CT molecular complexity index is 2750. The van der Waals surface area contributed by atoms with E-state index in [-0.39, 0.29) is 55.4 Å². The lowest BCUT2D eigenvalue weighted by Gasteiger charge is -2.63. The van der Waals surface area contributed by atoms with Gasteiger partial charge in [-0.25, -0.2) is 9.97 Å². The van der Waals surface area contributed by atoms with Crippen LogP contribution in [0.2, 0.25) is 5.02 Å². The molecule has 2 aliphatic rings. The van der Waals surface area contributed by atoms with Crippen LogP contribution in [-0.2, 0) is 14.4 Å². The number of hydrogen-bond donors (Lipinski definition) is 6. The standard InChI is InChI=1S/C54H64ClN9O6S/c1-31(33-10-14-35(15-11-33)45-32(2)60-30-71-45)61-48(68)42-24-39(65)29-64(42)49(69)46(52(3,4)5)62-44(66)28-57-22-23-58-43-21-19-38(27-59-43)34-12-16-36(17-13-34)47(67)63-50-53(6,7)51(54(50,8)9)70-40-20-18-37(26-56)41(55)25-40/h10-21,25,27,30-31,39,42,46,50-51,57,65H,22-24,28-29H2,1-9H3,(H,58,59)(H,61,68)(H,62,66)(H,63,67)/t31-,39+,42-,46?,50-,51-/m0/s1. The number of β-amino-alcohol motifs (C(OH)–C–C–N with tert-alkyl or cyclic N) is 1. The number of nitrogens with one attached hydrogen (secondary N) is 5. The number of aliphatic hydroxyl groups excluding tert-OH is 1. The lowest BCUT2D eigenvalue weighted by molar-refractivity contribution is -0.164. The highest BCUT2D eigenvalue weighted by atomic mass is 35.5. The van der Waals surface area contributed by atoms with Gasteiger partial charge in [-0.15, -0.1) is 11.3 Å². The largest absolute Gasteiger partial charge is 0.489 e. The summed E-state index contributed by atoms with van der Waals surface area (Å²) >= 11 is 7.82. The summed E-state index contributed by atoms with van der Waals surface area (Å²) in [4.78, 5) is 65.9. The molecule has 3 aromatic carbocycles. The number of aliphatic hydroxyl groups is 1. The van der Waals surface area contributed by atoms with E-state index >= 15 is 0 Å². The van der Waals surface area contributed by atoms with Gasteiger partial charge in [-0.1, -0.05) is 96.5 Å². The number of nitriles is 1.